The Morgan fingerprint density at radius 1 is 1.37 bits per heavy atom. The molecule has 0 spiro atoms. The molecular weight excluding hydrogens is 284 g/mol. The molecule has 0 bridgehead atoms. The predicted molar refractivity (Wildman–Crippen MR) is 74.6 cm³/mol. The van der Waals surface area contributed by atoms with Crippen LogP contribution in [0, 0.1) is 0 Å². The molecule has 2 heterocycles. The molecule has 0 radical (unpaired) electrons. The standard InChI is InChI=1S/C13H13ClN2O2S/c14-10-4-2-1-3-8(10)5-12-15-13(18-16-12)9-6-19-7-11(9)17/h1-4,9,11,17H,5-7H2. The molecule has 1 aromatic heterocycles. The molecule has 1 saturated heterocycles. The highest BCUT2D eigenvalue weighted by Gasteiger charge is 2.32. The molecule has 2 aromatic rings. The molecule has 0 aliphatic carbocycles. The van der Waals surface area contributed by atoms with Gasteiger partial charge >= 0.3 is 0 Å². The molecule has 4 nitrogen and oxygen atoms in total. The minimum Gasteiger partial charge on any atom is -0.391 e. The van der Waals surface area contributed by atoms with E-state index in [4.69, 9.17) is 16.1 Å². The van der Waals surface area contributed by atoms with Crippen molar-refractivity contribution in [2.24, 2.45) is 0 Å². The fourth-order valence-electron chi connectivity index (χ4n) is 2.08. The van der Waals surface area contributed by atoms with Gasteiger partial charge in [-0.05, 0) is 11.6 Å². The van der Waals surface area contributed by atoms with Crippen molar-refractivity contribution in [3.05, 3.63) is 46.6 Å². The zero-order valence-corrected chi connectivity index (χ0v) is 11.7. The van der Waals surface area contributed by atoms with E-state index in [0.717, 1.165) is 17.1 Å². The maximum atomic E-state index is 9.82. The Morgan fingerprint density at radius 3 is 2.95 bits per heavy atom. The third-order valence-corrected chi connectivity index (χ3v) is 4.70. The number of aliphatic hydroxyl groups is 1. The van der Waals surface area contributed by atoms with Crippen molar-refractivity contribution in [2.45, 2.75) is 18.4 Å². The number of thioether (sulfide) groups is 1. The lowest BCUT2D eigenvalue weighted by Gasteiger charge is -2.06. The molecule has 100 valence electrons. The van der Waals surface area contributed by atoms with Gasteiger partial charge in [-0.2, -0.15) is 16.7 Å². The van der Waals surface area contributed by atoms with Crippen LogP contribution in [0.3, 0.4) is 0 Å². The second-order valence-corrected chi connectivity index (χ2v) is 6.01. The van der Waals surface area contributed by atoms with Crippen molar-refractivity contribution in [3.8, 4) is 0 Å². The summed E-state index contributed by atoms with van der Waals surface area (Å²) in [7, 11) is 0. The number of hydrogen-bond acceptors (Lipinski definition) is 5. The molecule has 0 saturated carbocycles. The topological polar surface area (TPSA) is 59.2 Å². The van der Waals surface area contributed by atoms with E-state index in [0.29, 0.717) is 23.2 Å². The lowest BCUT2D eigenvalue weighted by atomic mass is 10.1. The van der Waals surface area contributed by atoms with Crippen LogP contribution >= 0.6 is 23.4 Å². The largest absolute Gasteiger partial charge is 0.391 e. The predicted octanol–water partition coefficient (Wildman–Crippen LogP) is 2.51. The second-order valence-electron chi connectivity index (χ2n) is 4.53. The molecular formula is C13H13ClN2O2S. The lowest BCUT2D eigenvalue weighted by molar-refractivity contribution is 0.164. The number of halogens is 1. The zero-order valence-electron chi connectivity index (χ0n) is 10.1. The summed E-state index contributed by atoms with van der Waals surface area (Å²) in [6.45, 7) is 0. The summed E-state index contributed by atoms with van der Waals surface area (Å²) in [5.74, 6) is 2.64. The fraction of sp³-hybridized carbons (Fsp3) is 0.385. The minimum absolute atomic E-state index is 0.0440. The number of hydrogen-bond donors (Lipinski definition) is 1. The number of rotatable bonds is 3. The van der Waals surface area contributed by atoms with Crippen LogP contribution in [0.25, 0.3) is 0 Å². The van der Waals surface area contributed by atoms with E-state index in [1.807, 2.05) is 24.3 Å². The Balaban J connectivity index is 1.77. The van der Waals surface area contributed by atoms with Crippen LogP contribution in [0.4, 0.5) is 0 Å². The van der Waals surface area contributed by atoms with E-state index in [1.54, 1.807) is 11.8 Å². The van der Waals surface area contributed by atoms with Crippen LogP contribution < -0.4 is 0 Å². The third kappa shape index (κ3) is 2.78. The van der Waals surface area contributed by atoms with Crippen molar-refractivity contribution < 1.29 is 9.63 Å². The van der Waals surface area contributed by atoms with Crippen LogP contribution in [0.15, 0.2) is 28.8 Å². The highest BCUT2D eigenvalue weighted by molar-refractivity contribution is 7.99. The molecule has 1 aromatic carbocycles. The fourth-order valence-corrected chi connectivity index (χ4v) is 3.51. The second kappa shape index (κ2) is 5.53. The first kappa shape index (κ1) is 13.0. The summed E-state index contributed by atoms with van der Waals surface area (Å²) >= 11 is 7.80. The van der Waals surface area contributed by atoms with Gasteiger partial charge in [0.1, 0.15) is 0 Å². The Kier molecular flexibility index (Phi) is 3.77. The van der Waals surface area contributed by atoms with Crippen molar-refractivity contribution in [1.29, 1.82) is 0 Å². The van der Waals surface area contributed by atoms with Gasteiger partial charge in [0, 0.05) is 22.9 Å². The van der Waals surface area contributed by atoms with Gasteiger partial charge in [0.05, 0.1) is 12.0 Å². The number of aromatic nitrogens is 2. The number of nitrogens with zero attached hydrogens (tertiary/aromatic N) is 2. The Hall–Kier alpha value is -1.04. The van der Waals surface area contributed by atoms with E-state index in [1.165, 1.54) is 0 Å². The molecule has 2 atom stereocenters. The van der Waals surface area contributed by atoms with Gasteiger partial charge in [0.2, 0.25) is 5.89 Å². The maximum absolute atomic E-state index is 9.82. The summed E-state index contributed by atoms with van der Waals surface area (Å²) in [6, 6.07) is 7.60. The molecule has 2 unspecified atom stereocenters. The normalized spacial score (nSPS) is 22.8. The maximum Gasteiger partial charge on any atom is 0.233 e. The molecule has 3 rings (SSSR count). The van der Waals surface area contributed by atoms with Gasteiger partial charge in [-0.3, -0.25) is 0 Å². The summed E-state index contributed by atoms with van der Waals surface area (Å²) in [4.78, 5) is 4.37. The lowest BCUT2D eigenvalue weighted by Crippen LogP contribution is -2.15. The van der Waals surface area contributed by atoms with E-state index >= 15 is 0 Å². The molecule has 1 aliphatic rings. The van der Waals surface area contributed by atoms with E-state index in [-0.39, 0.29) is 5.92 Å². The van der Waals surface area contributed by atoms with Crippen molar-refractivity contribution in [3.63, 3.8) is 0 Å². The van der Waals surface area contributed by atoms with E-state index in [2.05, 4.69) is 10.1 Å². The number of aliphatic hydroxyl groups excluding tert-OH is 1. The van der Waals surface area contributed by atoms with Gasteiger partial charge in [-0.1, -0.05) is 35.0 Å². The molecule has 6 heteroatoms. The van der Waals surface area contributed by atoms with Crippen molar-refractivity contribution in [1.82, 2.24) is 10.1 Å². The van der Waals surface area contributed by atoms with Crippen LogP contribution in [-0.4, -0.2) is 32.9 Å². The smallest absolute Gasteiger partial charge is 0.233 e. The molecule has 0 amide bonds. The van der Waals surface area contributed by atoms with E-state index < -0.39 is 6.10 Å². The van der Waals surface area contributed by atoms with Gasteiger partial charge in [-0.15, -0.1) is 0 Å². The molecule has 1 fully saturated rings. The quantitative estimate of drug-likeness (QED) is 0.943. The third-order valence-electron chi connectivity index (χ3n) is 3.16. The first-order chi connectivity index (χ1) is 9.24. The van der Waals surface area contributed by atoms with Crippen LogP contribution in [0.1, 0.15) is 23.2 Å². The zero-order chi connectivity index (χ0) is 13.2. The van der Waals surface area contributed by atoms with Gasteiger partial charge < -0.3 is 9.63 Å². The summed E-state index contributed by atoms with van der Waals surface area (Å²) in [5.41, 5.74) is 0.970. The van der Waals surface area contributed by atoms with E-state index in [9.17, 15) is 5.11 Å². The average Bonchev–Trinajstić information content (AvgIpc) is 3.01. The first-order valence-corrected chi connectivity index (χ1v) is 7.59. The van der Waals surface area contributed by atoms with Crippen LogP contribution in [0.2, 0.25) is 5.02 Å². The highest BCUT2D eigenvalue weighted by Crippen LogP contribution is 2.32. The van der Waals surface area contributed by atoms with Crippen LogP contribution in [-0.2, 0) is 6.42 Å². The first-order valence-electron chi connectivity index (χ1n) is 6.06. The number of benzene rings is 1. The van der Waals surface area contributed by atoms with Gasteiger partial charge in [0.25, 0.3) is 0 Å². The Morgan fingerprint density at radius 2 is 2.21 bits per heavy atom. The monoisotopic (exact) mass is 296 g/mol. The Bertz CT molecular complexity index is 575. The average molecular weight is 297 g/mol. The molecule has 1 N–H and O–H groups in total. The van der Waals surface area contributed by atoms with Crippen molar-refractivity contribution in [2.75, 3.05) is 11.5 Å². The Labute approximate surface area is 120 Å². The summed E-state index contributed by atoms with van der Waals surface area (Å²) < 4.78 is 5.25. The van der Waals surface area contributed by atoms with Crippen LogP contribution in [0.5, 0.6) is 0 Å². The SMILES string of the molecule is OC1CSCC1c1nc(Cc2ccccc2Cl)no1. The van der Waals surface area contributed by atoms with Gasteiger partial charge in [0.15, 0.2) is 5.82 Å². The summed E-state index contributed by atoms with van der Waals surface area (Å²) in [5, 5.41) is 14.5. The van der Waals surface area contributed by atoms with Crippen molar-refractivity contribution >= 4 is 23.4 Å². The highest BCUT2D eigenvalue weighted by atomic mass is 35.5. The molecule has 19 heavy (non-hydrogen) atoms. The van der Waals surface area contributed by atoms with Gasteiger partial charge in [-0.25, -0.2) is 0 Å². The minimum atomic E-state index is -0.390. The summed E-state index contributed by atoms with van der Waals surface area (Å²) in [6.07, 6.45) is 0.151. The molecule has 1 aliphatic heterocycles.